The van der Waals surface area contributed by atoms with Crippen molar-refractivity contribution in [1.29, 1.82) is 0 Å². The monoisotopic (exact) mass is 432 g/mol. The molecular formula is C24H20N2O6. The van der Waals surface area contributed by atoms with Crippen LogP contribution in [-0.2, 0) is 9.53 Å². The van der Waals surface area contributed by atoms with Crippen molar-refractivity contribution >= 4 is 28.5 Å². The van der Waals surface area contributed by atoms with E-state index in [0.717, 1.165) is 0 Å². The van der Waals surface area contributed by atoms with E-state index in [1.807, 2.05) is 6.07 Å². The van der Waals surface area contributed by atoms with Crippen molar-refractivity contribution in [2.45, 2.75) is 0 Å². The van der Waals surface area contributed by atoms with Gasteiger partial charge in [-0.1, -0.05) is 18.2 Å². The number of aromatic nitrogens is 1. The second-order valence-corrected chi connectivity index (χ2v) is 6.78. The molecule has 0 aliphatic carbocycles. The van der Waals surface area contributed by atoms with E-state index in [-0.39, 0.29) is 5.56 Å². The Hall–Kier alpha value is -4.33. The Balaban J connectivity index is 1.51. The fraction of sp³-hybridized carbons (Fsp3) is 0.125. The maximum atomic E-state index is 12.8. The molecule has 0 radical (unpaired) electrons. The Kier molecular flexibility index (Phi) is 6.03. The third-order valence-electron chi connectivity index (χ3n) is 4.68. The first-order valence-electron chi connectivity index (χ1n) is 9.71. The molecule has 8 nitrogen and oxygen atoms in total. The summed E-state index contributed by atoms with van der Waals surface area (Å²) in [4.78, 5) is 29.7. The summed E-state index contributed by atoms with van der Waals surface area (Å²) in [7, 11) is 3.02. The molecule has 2 heterocycles. The van der Waals surface area contributed by atoms with E-state index in [2.05, 4.69) is 10.3 Å². The number of hydrogen-bond donors (Lipinski definition) is 1. The average molecular weight is 432 g/mol. The molecule has 0 spiro atoms. The van der Waals surface area contributed by atoms with Crippen molar-refractivity contribution < 1.29 is 28.2 Å². The molecule has 0 bridgehead atoms. The second kappa shape index (κ2) is 9.22. The first kappa shape index (κ1) is 20.9. The van der Waals surface area contributed by atoms with Gasteiger partial charge in [0.25, 0.3) is 5.91 Å². The van der Waals surface area contributed by atoms with Crippen molar-refractivity contribution in [3.63, 3.8) is 0 Å². The molecule has 0 atom stereocenters. The molecular weight excluding hydrogens is 412 g/mol. The van der Waals surface area contributed by atoms with Crippen LogP contribution >= 0.6 is 0 Å². The fourth-order valence-corrected chi connectivity index (χ4v) is 3.18. The highest BCUT2D eigenvalue weighted by Crippen LogP contribution is 2.27. The minimum atomic E-state index is -0.644. The van der Waals surface area contributed by atoms with Crippen molar-refractivity contribution in [3.05, 3.63) is 72.5 Å². The van der Waals surface area contributed by atoms with Crippen molar-refractivity contribution in [2.24, 2.45) is 0 Å². The van der Waals surface area contributed by atoms with E-state index in [1.54, 1.807) is 54.6 Å². The van der Waals surface area contributed by atoms with Gasteiger partial charge in [0, 0.05) is 29.3 Å². The summed E-state index contributed by atoms with van der Waals surface area (Å²) in [5, 5.41) is 3.28. The lowest BCUT2D eigenvalue weighted by Gasteiger charge is -2.11. The molecule has 4 rings (SSSR count). The molecule has 2 aromatic carbocycles. The van der Waals surface area contributed by atoms with E-state index < -0.39 is 18.5 Å². The first-order chi connectivity index (χ1) is 15.6. The van der Waals surface area contributed by atoms with Gasteiger partial charge in [0.1, 0.15) is 17.2 Å². The highest BCUT2D eigenvalue weighted by atomic mass is 16.5. The first-order valence-corrected chi connectivity index (χ1v) is 9.71. The van der Waals surface area contributed by atoms with Crippen LogP contribution in [0.15, 0.2) is 71.3 Å². The molecule has 8 heteroatoms. The minimum absolute atomic E-state index is 0.290. The number of benzene rings is 2. The second-order valence-electron chi connectivity index (χ2n) is 6.78. The Labute approximate surface area is 183 Å². The van der Waals surface area contributed by atoms with E-state index >= 15 is 0 Å². The molecule has 0 saturated heterocycles. The number of rotatable bonds is 7. The van der Waals surface area contributed by atoms with Gasteiger partial charge in [-0.2, -0.15) is 0 Å². The molecule has 0 fully saturated rings. The molecule has 32 heavy (non-hydrogen) atoms. The van der Waals surface area contributed by atoms with Crippen LogP contribution in [0.5, 0.6) is 11.5 Å². The summed E-state index contributed by atoms with van der Waals surface area (Å²) in [5.74, 6) is 0.415. The number of nitrogens with one attached hydrogen (secondary N) is 1. The summed E-state index contributed by atoms with van der Waals surface area (Å²) in [6, 6.07) is 17.2. The molecule has 0 aliphatic rings. The lowest BCUT2D eigenvalue weighted by molar-refractivity contribution is -0.119. The van der Waals surface area contributed by atoms with Gasteiger partial charge in [0.15, 0.2) is 12.4 Å². The number of esters is 1. The number of methoxy groups -OCH3 is 2. The van der Waals surface area contributed by atoms with Gasteiger partial charge >= 0.3 is 5.97 Å². The maximum absolute atomic E-state index is 12.8. The van der Waals surface area contributed by atoms with Crippen LogP contribution in [0, 0.1) is 0 Å². The predicted molar refractivity (Wildman–Crippen MR) is 118 cm³/mol. The number of fused-ring (bicyclic) bond motifs is 1. The van der Waals surface area contributed by atoms with Crippen LogP contribution < -0.4 is 14.8 Å². The Morgan fingerprint density at radius 2 is 1.72 bits per heavy atom. The van der Waals surface area contributed by atoms with Gasteiger partial charge in [-0.05, 0) is 24.3 Å². The number of anilines is 1. The topological polar surface area (TPSA) is 99.9 Å². The lowest BCUT2D eigenvalue weighted by atomic mass is 10.1. The van der Waals surface area contributed by atoms with Gasteiger partial charge in [-0.25, -0.2) is 9.78 Å². The number of nitrogens with zero attached hydrogens (tertiary/aromatic N) is 1. The molecule has 1 N–H and O–H groups in total. The highest BCUT2D eigenvalue weighted by Gasteiger charge is 2.17. The van der Waals surface area contributed by atoms with E-state index in [0.29, 0.717) is 39.5 Å². The number of ether oxygens (including phenoxy) is 3. The SMILES string of the molecule is COc1cc(NC(=O)COC(=O)c2cc(-c3ccco3)nc3ccccc23)cc(OC)c1. The summed E-state index contributed by atoms with van der Waals surface area (Å²) in [5.41, 5.74) is 1.85. The minimum Gasteiger partial charge on any atom is -0.497 e. The summed E-state index contributed by atoms with van der Waals surface area (Å²) < 4.78 is 21.1. The zero-order valence-corrected chi connectivity index (χ0v) is 17.5. The quantitative estimate of drug-likeness (QED) is 0.435. The summed E-state index contributed by atoms with van der Waals surface area (Å²) in [6.07, 6.45) is 1.53. The Morgan fingerprint density at radius 1 is 0.969 bits per heavy atom. The van der Waals surface area contributed by atoms with Crippen molar-refractivity contribution in [3.8, 4) is 23.0 Å². The third kappa shape index (κ3) is 4.54. The summed E-state index contributed by atoms with van der Waals surface area (Å²) in [6.45, 7) is -0.467. The Morgan fingerprint density at radius 3 is 2.41 bits per heavy atom. The number of carbonyl (C=O) groups is 2. The van der Waals surface area contributed by atoms with Crippen molar-refractivity contribution in [2.75, 3.05) is 26.1 Å². The number of furan rings is 1. The molecule has 4 aromatic rings. The highest BCUT2D eigenvalue weighted by molar-refractivity contribution is 6.05. The number of pyridine rings is 1. The maximum Gasteiger partial charge on any atom is 0.339 e. The summed E-state index contributed by atoms with van der Waals surface area (Å²) >= 11 is 0. The third-order valence-corrected chi connectivity index (χ3v) is 4.68. The largest absolute Gasteiger partial charge is 0.497 e. The fourth-order valence-electron chi connectivity index (χ4n) is 3.18. The van der Waals surface area contributed by atoms with Crippen LogP contribution in [-0.4, -0.2) is 37.7 Å². The molecule has 0 unspecified atom stereocenters. The smallest absolute Gasteiger partial charge is 0.339 e. The normalized spacial score (nSPS) is 10.6. The van der Waals surface area contributed by atoms with Crippen LogP contribution in [0.1, 0.15) is 10.4 Å². The predicted octanol–water partition coefficient (Wildman–Crippen LogP) is 4.31. The number of amides is 1. The van der Waals surface area contributed by atoms with E-state index in [1.165, 1.54) is 20.5 Å². The van der Waals surface area contributed by atoms with Gasteiger partial charge < -0.3 is 23.9 Å². The molecule has 0 aliphatic heterocycles. The van der Waals surface area contributed by atoms with E-state index in [4.69, 9.17) is 18.6 Å². The lowest BCUT2D eigenvalue weighted by Crippen LogP contribution is -2.21. The van der Waals surface area contributed by atoms with Gasteiger partial charge in [-0.15, -0.1) is 0 Å². The Bertz CT molecular complexity index is 1240. The molecule has 1 amide bonds. The zero-order valence-electron chi connectivity index (χ0n) is 17.5. The van der Waals surface area contributed by atoms with Crippen LogP contribution in [0.25, 0.3) is 22.4 Å². The van der Waals surface area contributed by atoms with Gasteiger partial charge in [0.2, 0.25) is 0 Å². The van der Waals surface area contributed by atoms with Crippen LogP contribution in [0.3, 0.4) is 0 Å². The number of carbonyl (C=O) groups excluding carboxylic acids is 2. The number of hydrogen-bond acceptors (Lipinski definition) is 7. The van der Waals surface area contributed by atoms with Crippen LogP contribution in [0.2, 0.25) is 0 Å². The molecule has 162 valence electrons. The average Bonchev–Trinajstić information content (AvgIpc) is 3.36. The van der Waals surface area contributed by atoms with Gasteiger partial charge in [0.05, 0.1) is 31.6 Å². The van der Waals surface area contributed by atoms with Gasteiger partial charge in [-0.3, -0.25) is 4.79 Å². The van der Waals surface area contributed by atoms with E-state index in [9.17, 15) is 9.59 Å². The van der Waals surface area contributed by atoms with Crippen molar-refractivity contribution in [1.82, 2.24) is 4.98 Å². The van der Waals surface area contributed by atoms with Crippen LogP contribution in [0.4, 0.5) is 5.69 Å². The molecule has 2 aromatic heterocycles. The standard InChI is InChI=1S/C24H20N2O6/c1-29-16-10-15(11-17(12-16)30-2)25-23(27)14-32-24(28)19-13-21(22-8-5-9-31-22)26-20-7-4-3-6-18(19)20/h3-13H,14H2,1-2H3,(H,25,27). The zero-order chi connectivity index (χ0) is 22.5. The number of para-hydroxylation sites is 1. The molecule has 0 saturated carbocycles.